The second-order valence-electron chi connectivity index (χ2n) is 7.70. The highest BCUT2D eigenvalue weighted by atomic mass is 14.6. The summed E-state index contributed by atoms with van der Waals surface area (Å²) in [4.78, 5) is 0. The summed E-state index contributed by atoms with van der Waals surface area (Å²) in [5.41, 5.74) is 9.66. The summed E-state index contributed by atoms with van der Waals surface area (Å²) < 4.78 is 0. The minimum Gasteiger partial charge on any atom is -0.0598 e. The molecule has 0 aromatic heterocycles. The first-order chi connectivity index (χ1) is 9.41. The molecule has 4 rings (SSSR count). The fourth-order valence-electron chi connectivity index (χ4n) is 4.69. The summed E-state index contributed by atoms with van der Waals surface area (Å²) in [6.07, 6.45) is 2.57. The molecule has 0 saturated heterocycles. The van der Waals surface area contributed by atoms with Gasteiger partial charge in [0.15, 0.2) is 0 Å². The number of hydrogen-bond donors (Lipinski definition) is 0. The number of benzene rings is 2. The van der Waals surface area contributed by atoms with Gasteiger partial charge in [-0.05, 0) is 54.4 Å². The van der Waals surface area contributed by atoms with Gasteiger partial charge in [-0.2, -0.15) is 0 Å². The number of rotatable bonds is 0. The van der Waals surface area contributed by atoms with Crippen LogP contribution in [0.5, 0.6) is 0 Å². The van der Waals surface area contributed by atoms with Gasteiger partial charge < -0.3 is 0 Å². The summed E-state index contributed by atoms with van der Waals surface area (Å²) in [5.74, 6) is 0. The molecular weight excluding hydrogens is 240 g/mol. The Balaban J connectivity index is 2.01. The van der Waals surface area contributed by atoms with Crippen molar-refractivity contribution >= 4 is 0 Å². The molecular formula is C20H22. The van der Waals surface area contributed by atoms with Crippen LogP contribution in [0.2, 0.25) is 0 Å². The van der Waals surface area contributed by atoms with Crippen LogP contribution in [-0.4, -0.2) is 0 Å². The second kappa shape index (κ2) is 3.55. The Morgan fingerprint density at radius 1 is 0.750 bits per heavy atom. The van der Waals surface area contributed by atoms with Crippen molar-refractivity contribution in [3.63, 3.8) is 0 Å². The molecule has 0 aliphatic heterocycles. The van der Waals surface area contributed by atoms with E-state index in [0.717, 1.165) is 0 Å². The van der Waals surface area contributed by atoms with Crippen LogP contribution in [0.25, 0.3) is 11.1 Å². The zero-order valence-corrected chi connectivity index (χ0v) is 12.9. The molecule has 0 heteroatoms. The molecule has 0 amide bonds. The molecule has 0 heterocycles. The molecule has 2 aromatic carbocycles. The summed E-state index contributed by atoms with van der Waals surface area (Å²) in [5, 5.41) is 0. The maximum absolute atomic E-state index is 2.43. The smallest absolute Gasteiger partial charge is 0.0225 e. The average molecular weight is 262 g/mol. The minimum atomic E-state index is 0.298. The van der Waals surface area contributed by atoms with Crippen molar-refractivity contribution in [3.8, 4) is 11.1 Å². The van der Waals surface area contributed by atoms with Crippen molar-refractivity contribution in [1.82, 2.24) is 0 Å². The minimum absolute atomic E-state index is 0.298. The number of hydrogen-bond acceptors (Lipinski definition) is 0. The summed E-state index contributed by atoms with van der Waals surface area (Å²) in [7, 11) is 0. The average Bonchev–Trinajstić information content (AvgIpc) is 2.59. The van der Waals surface area contributed by atoms with Crippen molar-refractivity contribution < 1.29 is 0 Å². The maximum Gasteiger partial charge on any atom is 0.0225 e. The molecule has 0 unspecified atom stereocenters. The van der Waals surface area contributed by atoms with Crippen molar-refractivity contribution in [2.24, 2.45) is 5.41 Å². The van der Waals surface area contributed by atoms with Crippen molar-refractivity contribution in [2.75, 3.05) is 0 Å². The monoisotopic (exact) mass is 262 g/mol. The fourth-order valence-corrected chi connectivity index (χ4v) is 4.69. The van der Waals surface area contributed by atoms with Crippen LogP contribution < -0.4 is 0 Å². The summed E-state index contributed by atoms with van der Waals surface area (Å²) >= 11 is 0. The van der Waals surface area contributed by atoms with Gasteiger partial charge in [-0.1, -0.05) is 61.4 Å². The van der Waals surface area contributed by atoms with E-state index < -0.39 is 0 Å². The predicted molar refractivity (Wildman–Crippen MR) is 85.1 cm³/mol. The van der Waals surface area contributed by atoms with E-state index in [4.69, 9.17) is 0 Å². The highest BCUT2D eigenvalue weighted by molar-refractivity contribution is 5.82. The van der Waals surface area contributed by atoms with E-state index in [1.807, 2.05) is 0 Å². The molecule has 20 heavy (non-hydrogen) atoms. The predicted octanol–water partition coefficient (Wildman–Crippen LogP) is 5.39. The molecule has 0 bridgehead atoms. The third-order valence-electron chi connectivity index (χ3n) is 5.23. The second-order valence-corrected chi connectivity index (χ2v) is 7.70. The van der Waals surface area contributed by atoms with E-state index in [-0.39, 0.29) is 0 Å². The lowest BCUT2D eigenvalue weighted by molar-refractivity contribution is 0.0915. The van der Waals surface area contributed by atoms with Gasteiger partial charge in [-0.3, -0.25) is 0 Å². The van der Waals surface area contributed by atoms with Crippen LogP contribution in [0.3, 0.4) is 0 Å². The lowest BCUT2D eigenvalue weighted by atomic mass is 9.51. The van der Waals surface area contributed by atoms with Crippen LogP contribution in [0.4, 0.5) is 0 Å². The third kappa shape index (κ3) is 1.43. The van der Waals surface area contributed by atoms with Crippen molar-refractivity contribution in [1.29, 1.82) is 0 Å². The molecule has 2 aliphatic rings. The van der Waals surface area contributed by atoms with Crippen molar-refractivity contribution in [2.45, 2.75) is 46.0 Å². The first-order valence-corrected chi connectivity index (χ1v) is 7.64. The molecule has 0 radical (unpaired) electrons. The normalized spacial score (nSPS) is 20.4. The topological polar surface area (TPSA) is 0 Å². The van der Waals surface area contributed by atoms with Gasteiger partial charge >= 0.3 is 0 Å². The quantitative estimate of drug-likeness (QED) is 0.597. The Morgan fingerprint density at radius 2 is 1.20 bits per heavy atom. The third-order valence-corrected chi connectivity index (χ3v) is 5.23. The zero-order valence-electron chi connectivity index (χ0n) is 12.9. The van der Waals surface area contributed by atoms with Gasteiger partial charge in [0.2, 0.25) is 0 Å². The lowest BCUT2D eigenvalue weighted by Gasteiger charge is -2.53. The molecule has 1 fully saturated rings. The Kier molecular flexibility index (Phi) is 2.17. The first-order valence-electron chi connectivity index (χ1n) is 7.64. The van der Waals surface area contributed by atoms with E-state index in [1.54, 1.807) is 11.1 Å². The Bertz CT molecular complexity index is 657. The Labute approximate surface area is 121 Å². The molecule has 1 spiro atoms. The van der Waals surface area contributed by atoms with Crippen LogP contribution >= 0.6 is 0 Å². The number of aryl methyl sites for hydroxylation is 2. The van der Waals surface area contributed by atoms with Crippen LogP contribution in [0, 0.1) is 19.3 Å². The molecule has 102 valence electrons. The maximum atomic E-state index is 2.43. The lowest BCUT2D eigenvalue weighted by Crippen LogP contribution is -2.46. The van der Waals surface area contributed by atoms with Crippen LogP contribution in [0.1, 0.15) is 48.9 Å². The van der Waals surface area contributed by atoms with E-state index >= 15 is 0 Å². The molecule has 2 aromatic rings. The van der Waals surface area contributed by atoms with Gasteiger partial charge in [-0.15, -0.1) is 0 Å². The van der Waals surface area contributed by atoms with Gasteiger partial charge in [0.25, 0.3) is 0 Å². The van der Waals surface area contributed by atoms with Crippen LogP contribution in [-0.2, 0) is 5.41 Å². The number of fused-ring (bicyclic) bond motifs is 5. The fraction of sp³-hybridized carbons (Fsp3) is 0.400. The highest BCUT2D eigenvalue weighted by Gasteiger charge is 2.55. The molecule has 0 N–H and O–H groups in total. The molecule has 0 atom stereocenters. The van der Waals surface area contributed by atoms with E-state index in [2.05, 4.69) is 64.1 Å². The molecule has 0 nitrogen and oxygen atoms in total. The van der Waals surface area contributed by atoms with Gasteiger partial charge in [-0.25, -0.2) is 0 Å². The Morgan fingerprint density at radius 3 is 1.60 bits per heavy atom. The summed E-state index contributed by atoms with van der Waals surface area (Å²) in [6.45, 7) is 9.24. The highest BCUT2D eigenvalue weighted by Crippen LogP contribution is 2.65. The Hall–Kier alpha value is -1.56. The van der Waals surface area contributed by atoms with Gasteiger partial charge in [0, 0.05) is 5.41 Å². The molecule has 1 saturated carbocycles. The zero-order chi connectivity index (χ0) is 14.1. The van der Waals surface area contributed by atoms with E-state index in [9.17, 15) is 0 Å². The van der Waals surface area contributed by atoms with E-state index in [1.165, 1.54) is 35.1 Å². The largest absolute Gasteiger partial charge is 0.0598 e. The van der Waals surface area contributed by atoms with E-state index in [0.29, 0.717) is 10.8 Å². The van der Waals surface area contributed by atoms with Gasteiger partial charge in [0.05, 0.1) is 0 Å². The first kappa shape index (κ1) is 12.2. The summed E-state index contributed by atoms with van der Waals surface area (Å²) in [6, 6.07) is 14.0. The van der Waals surface area contributed by atoms with Gasteiger partial charge in [0.1, 0.15) is 0 Å². The molecule has 2 aliphatic carbocycles. The van der Waals surface area contributed by atoms with Crippen molar-refractivity contribution in [3.05, 3.63) is 58.7 Å². The SMILES string of the molecule is Cc1ccc2c(c1)C1(CC(C)(C)C1)c1cc(C)ccc1-2. The van der Waals surface area contributed by atoms with Crippen LogP contribution in [0.15, 0.2) is 36.4 Å². The standard InChI is InChI=1S/C20H22/c1-13-5-7-15-16-8-6-14(2)10-18(16)20(17(15)9-13)11-19(3,4)12-20/h5-10H,11-12H2,1-4H3.